The number of benzene rings is 1. The number of rotatable bonds is 2. The van der Waals surface area contributed by atoms with Crippen molar-refractivity contribution in [3.63, 3.8) is 0 Å². The molecule has 2 N–H and O–H groups in total. The molecule has 1 rings (SSSR count). The molecule has 0 saturated carbocycles. The molecule has 0 amide bonds. The Balaban J connectivity index is 3.28. The summed E-state index contributed by atoms with van der Waals surface area (Å²) in [5.74, 6) is 0.321. The number of nitriles is 1. The van der Waals surface area contributed by atoms with Crippen molar-refractivity contribution in [2.45, 2.75) is 26.7 Å². The molecule has 0 aliphatic carbocycles. The van der Waals surface area contributed by atoms with Crippen LogP contribution < -0.4 is 5.73 Å². The molecule has 0 aliphatic heterocycles. The topological polar surface area (TPSA) is 49.8 Å². The van der Waals surface area contributed by atoms with Crippen molar-refractivity contribution >= 4 is 0 Å². The first-order chi connectivity index (χ1) is 6.60. The molecular formula is C12H16N2. The summed E-state index contributed by atoms with van der Waals surface area (Å²) < 4.78 is 0. The summed E-state index contributed by atoms with van der Waals surface area (Å²) in [5, 5.41) is 8.85. The summed E-state index contributed by atoms with van der Waals surface area (Å²) in [7, 11) is 0. The summed E-state index contributed by atoms with van der Waals surface area (Å²) in [6.07, 6.45) is 0. The lowest BCUT2D eigenvalue weighted by Crippen LogP contribution is -2.11. The number of aryl methyl sites for hydroxylation is 1. The highest BCUT2D eigenvalue weighted by atomic mass is 14.5. The smallest absolute Gasteiger partial charge is 0.0991 e. The zero-order chi connectivity index (χ0) is 10.7. The van der Waals surface area contributed by atoms with Gasteiger partial charge in [0.15, 0.2) is 0 Å². The van der Waals surface area contributed by atoms with E-state index < -0.39 is 0 Å². The van der Waals surface area contributed by atoms with Gasteiger partial charge in [-0.05, 0) is 55.1 Å². The molecule has 0 fully saturated rings. The van der Waals surface area contributed by atoms with Crippen molar-refractivity contribution in [2.75, 3.05) is 6.54 Å². The highest BCUT2D eigenvalue weighted by Gasteiger charge is 2.09. The first-order valence-corrected chi connectivity index (χ1v) is 4.81. The normalized spacial score (nSPS) is 12.2. The van der Waals surface area contributed by atoms with Crippen LogP contribution in [0.2, 0.25) is 0 Å². The van der Waals surface area contributed by atoms with E-state index in [1.54, 1.807) is 0 Å². The fraction of sp³-hybridized carbons (Fsp3) is 0.417. The minimum absolute atomic E-state index is 0.321. The molecule has 2 heteroatoms. The Morgan fingerprint density at radius 2 is 2.07 bits per heavy atom. The second-order valence-electron chi connectivity index (χ2n) is 3.76. The first-order valence-electron chi connectivity index (χ1n) is 4.81. The summed E-state index contributed by atoms with van der Waals surface area (Å²) >= 11 is 0. The minimum Gasteiger partial charge on any atom is -0.330 e. The van der Waals surface area contributed by atoms with Crippen LogP contribution in [-0.2, 0) is 0 Å². The van der Waals surface area contributed by atoms with Gasteiger partial charge >= 0.3 is 0 Å². The fourth-order valence-electron chi connectivity index (χ4n) is 1.59. The van der Waals surface area contributed by atoms with Crippen LogP contribution in [0.15, 0.2) is 12.1 Å². The van der Waals surface area contributed by atoms with Crippen molar-refractivity contribution < 1.29 is 0 Å². The number of nitrogens with two attached hydrogens (primary N) is 1. The summed E-state index contributed by atoms with van der Waals surface area (Å²) in [6.45, 7) is 6.82. The molecular weight excluding hydrogens is 172 g/mol. The van der Waals surface area contributed by atoms with Gasteiger partial charge in [-0.2, -0.15) is 5.26 Å². The molecule has 0 radical (unpaired) electrons. The van der Waals surface area contributed by atoms with E-state index in [-0.39, 0.29) is 0 Å². The van der Waals surface area contributed by atoms with Crippen molar-refractivity contribution in [1.29, 1.82) is 5.26 Å². The molecule has 0 aliphatic rings. The Kier molecular flexibility index (Phi) is 3.27. The van der Waals surface area contributed by atoms with Gasteiger partial charge in [0.25, 0.3) is 0 Å². The summed E-state index contributed by atoms with van der Waals surface area (Å²) in [6, 6.07) is 6.04. The zero-order valence-electron chi connectivity index (χ0n) is 8.96. The molecule has 1 atom stereocenters. The van der Waals surface area contributed by atoms with E-state index in [0.717, 1.165) is 5.56 Å². The van der Waals surface area contributed by atoms with Crippen LogP contribution in [0.3, 0.4) is 0 Å². The van der Waals surface area contributed by atoms with E-state index >= 15 is 0 Å². The third-order valence-corrected chi connectivity index (χ3v) is 2.72. The third kappa shape index (κ3) is 1.94. The van der Waals surface area contributed by atoms with Crippen LogP contribution in [0.4, 0.5) is 0 Å². The van der Waals surface area contributed by atoms with Gasteiger partial charge in [-0.15, -0.1) is 0 Å². The lowest BCUT2D eigenvalue weighted by atomic mass is 9.91. The van der Waals surface area contributed by atoms with E-state index in [9.17, 15) is 0 Å². The lowest BCUT2D eigenvalue weighted by Gasteiger charge is -2.14. The maximum Gasteiger partial charge on any atom is 0.0991 e. The molecule has 0 saturated heterocycles. The van der Waals surface area contributed by atoms with E-state index in [4.69, 9.17) is 11.0 Å². The highest BCUT2D eigenvalue weighted by Crippen LogP contribution is 2.23. The maximum atomic E-state index is 8.85. The van der Waals surface area contributed by atoms with Crippen LogP contribution in [0.1, 0.15) is 35.1 Å². The lowest BCUT2D eigenvalue weighted by molar-refractivity contribution is 0.766. The van der Waals surface area contributed by atoms with Gasteiger partial charge in [0.2, 0.25) is 0 Å². The van der Waals surface area contributed by atoms with Gasteiger partial charge in [0, 0.05) is 0 Å². The molecule has 0 heterocycles. The van der Waals surface area contributed by atoms with Crippen LogP contribution in [0, 0.1) is 25.2 Å². The predicted molar refractivity (Wildman–Crippen MR) is 58.1 cm³/mol. The quantitative estimate of drug-likeness (QED) is 0.773. The predicted octanol–water partition coefficient (Wildman–Crippen LogP) is 2.24. The van der Waals surface area contributed by atoms with Crippen molar-refractivity contribution in [3.05, 3.63) is 34.4 Å². The van der Waals surface area contributed by atoms with E-state index in [2.05, 4.69) is 19.9 Å². The van der Waals surface area contributed by atoms with Crippen LogP contribution >= 0.6 is 0 Å². The monoisotopic (exact) mass is 188 g/mol. The van der Waals surface area contributed by atoms with Crippen molar-refractivity contribution in [3.8, 4) is 6.07 Å². The average Bonchev–Trinajstić information content (AvgIpc) is 2.20. The molecule has 1 aromatic rings. The third-order valence-electron chi connectivity index (χ3n) is 2.72. The second kappa shape index (κ2) is 4.26. The SMILES string of the molecule is Cc1cc(C#N)cc(C(C)CN)c1C. The van der Waals surface area contributed by atoms with Gasteiger partial charge in [-0.25, -0.2) is 0 Å². The molecule has 74 valence electrons. The number of hydrogen-bond donors (Lipinski definition) is 1. The van der Waals surface area contributed by atoms with E-state index in [0.29, 0.717) is 12.5 Å². The Hall–Kier alpha value is -1.33. The van der Waals surface area contributed by atoms with E-state index in [1.165, 1.54) is 16.7 Å². The molecule has 0 aromatic heterocycles. The second-order valence-corrected chi connectivity index (χ2v) is 3.76. The van der Waals surface area contributed by atoms with E-state index in [1.807, 2.05) is 19.1 Å². The van der Waals surface area contributed by atoms with Gasteiger partial charge < -0.3 is 5.73 Å². The molecule has 1 aromatic carbocycles. The number of hydrogen-bond acceptors (Lipinski definition) is 2. The van der Waals surface area contributed by atoms with Crippen molar-refractivity contribution in [1.82, 2.24) is 0 Å². The van der Waals surface area contributed by atoms with Gasteiger partial charge in [0.05, 0.1) is 11.6 Å². The highest BCUT2D eigenvalue weighted by molar-refractivity contribution is 5.44. The van der Waals surface area contributed by atoms with Crippen LogP contribution in [0.5, 0.6) is 0 Å². The van der Waals surface area contributed by atoms with Crippen molar-refractivity contribution in [2.24, 2.45) is 5.73 Å². The molecule has 0 spiro atoms. The number of nitrogens with zero attached hydrogens (tertiary/aromatic N) is 1. The average molecular weight is 188 g/mol. The maximum absolute atomic E-state index is 8.85. The molecule has 1 unspecified atom stereocenters. The first kappa shape index (κ1) is 10.7. The van der Waals surface area contributed by atoms with Crippen LogP contribution in [0.25, 0.3) is 0 Å². The Morgan fingerprint density at radius 1 is 1.43 bits per heavy atom. The molecule has 2 nitrogen and oxygen atoms in total. The minimum atomic E-state index is 0.321. The Labute approximate surface area is 85.4 Å². The van der Waals surface area contributed by atoms with Gasteiger partial charge in [-0.3, -0.25) is 0 Å². The molecule has 0 bridgehead atoms. The summed E-state index contributed by atoms with van der Waals surface area (Å²) in [5.41, 5.74) is 9.97. The standard InChI is InChI=1S/C12H16N2/c1-8-4-11(7-14)5-12(10(8)3)9(2)6-13/h4-5,9H,6,13H2,1-3H3. The zero-order valence-corrected chi connectivity index (χ0v) is 8.96. The summed E-state index contributed by atoms with van der Waals surface area (Å²) in [4.78, 5) is 0. The molecule has 14 heavy (non-hydrogen) atoms. The Bertz CT molecular complexity index is 375. The van der Waals surface area contributed by atoms with Crippen LogP contribution in [-0.4, -0.2) is 6.54 Å². The Morgan fingerprint density at radius 3 is 2.57 bits per heavy atom. The van der Waals surface area contributed by atoms with Gasteiger partial charge in [0.1, 0.15) is 0 Å². The van der Waals surface area contributed by atoms with Gasteiger partial charge in [-0.1, -0.05) is 6.92 Å². The fourth-order valence-corrected chi connectivity index (χ4v) is 1.59. The largest absolute Gasteiger partial charge is 0.330 e.